The number of carbonyl (C=O) groups excluding carboxylic acids is 1. The van der Waals surface area contributed by atoms with E-state index < -0.39 is 0 Å². The SMILES string of the molecule is CC(C)c1nccn1[C@@H](C)C(=O)NCc1ccc2c(c1)OCO2. The summed E-state index contributed by atoms with van der Waals surface area (Å²) in [6.45, 7) is 6.71. The first-order valence-electron chi connectivity index (χ1n) is 7.75. The van der Waals surface area contributed by atoms with Crippen LogP contribution in [-0.2, 0) is 11.3 Å². The second-order valence-electron chi connectivity index (χ2n) is 5.93. The van der Waals surface area contributed by atoms with E-state index in [4.69, 9.17) is 9.47 Å². The number of aromatic nitrogens is 2. The Labute approximate surface area is 135 Å². The highest BCUT2D eigenvalue weighted by molar-refractivity contribution is 5.80. The molecule has 1 atom stereocenters. The Morgan fingerprint density at radius 1 is 1.30 bits per heavy atom. The molecular weight excluding hydrogens is 294 g/mol. The molecule has 2 aromatic rings. The van der Waals surface area contributed by atoms with Crippen LogP contribution in [0.4, 0.5) is 0 Å². The molecule has 1 aromatic carbocycles. The Morgan fingerprint density at radius 3 is 2.87 bits per heavy atom. The highest BCUT2D eigenvalue weighted by atomic mass is 16.7. The fraction of sp³-hybridized carbons (Fsp3) is 0.412. The van der Waals surface area contributed by atoms with Crippen molar-refractivity contribution in [1.29, 1.82) is 0 Å². The van der Waals surface area contributed by atoms with Gasteiger partial charge in [0, 0.05) is 24.9 Å². The Bertz CT molecular complexity index is 709. The fourth-order valence-electron chi connectivity index (χ4n) is 2.61. The number of carbonyl (C=O) groups is 1. The third-order valence-electron chi connectivity index (χ3n) is 3.92. The lowest BCUT2D eigenvalue weighted by atomic mass is 10.1. The van der Waals surface area contributed by atoms with Gasteiger partial charge in [0.05, 0.1) is 0 Å². The summed E-state index contributed by atoms with van der Waals surface area (Å²) in [7, 11) is 0. The van der Waals surface area contributed by atoms with Gasteiger partial charge in [0.15, 0.2) is 11.5 Å². The molecule has 6 heteroatoms. The standard InChI is InChI=1S/C17H21N3O3/c1-11(2)16-18-6-7-20(16)12(3)17(21)19-9-13-4-5-14-15(8-13)23-10-22-14/h4-8,11-12H,9-10H2,1-3H3,(H,19,21)/t12-/m0/s1. The molecule has 2 heterocycles. The van der Waals surface area contributed by atoms with Gasteiger partial charge in [-0.3, -0.25) is 4.79 Å². The lowest BCUT2D eigenvalue weighted by Gasteiger charge is -2.18. The average Bonchev–Trinajstić information content (AvgIpc) is 3.19. The molecule has 0 unspecified atom stereocenters. The predicted octanol–water partition coefficient (Wildman–Crippen LogP) is 2.61. The molecule has 0 aliphatic carbocycles. The molecular formula is C17H21N3O3. The maximum absolute atomic E-state index is 12.4. The molecule has 0 fully saturated rings. The molecule has 122 valence electrons. The van der Waals surface area contributed by atoms with Crippen LogP contribution in [0.15, 0.2) is 30.6 Å². The number of benzene rings is 1. The van der Waals surface area contributed by atoms with E-state index in [2.05, 4.69) is 24.1 Å². The first-order chi connectivity index (χ1) is 11.1. The molecule has 0 spiro atoms. The van der Waals surface area contributed by atoms with Crippen molar-refractivity contribution in [2.24, 2.45) is 0 Å². The molecule has 0 bridgehead atoms. The third-order valence-corrected chi connectivity index (χ3v) is 3.92. The zero-order valence-electron chi connectivity index (χ0n) is 13.6. The van der Waals surface area contributed by atoms with Crippen molar-refractivity contribution in [2.45, 2.75) is 39.3 Å². The monoisotopic (exact) mass is 315 g/mol. The molecule has 1 amide bonds. The largest absolute Gasteiger partial charge is 0.454 e. The lowest BCUT2D eigenvalue weighted by molar-refractivity contribution is -0.124. The van der Waals surface area contributed by atoms with E-state index in [1.165, 1.54) is 0 Å². The van der Waals surface area contributed by atoms with E-state index >= 15 is 0 Å². The topological polar surface area (TPSA) is 65.4 Å². The number of hydrogen-bond acceptors (Lipinski definition) is 4. The van der Waals surface area contributed by atoms with Crippen molar-refractivity contribution in [1.82, 2.24) is 14.9 Å². The molecule has 1 aliphatic rings. The van der Waals surface area contributed by atoms with Gasteiger partial charge in [-0.05, 0) is 24.6 Å². The summed E-state index contributed by atoms with van der Waals surface area (Å²) in [5.41, 5.74) is 0.976. The van der Waals surface area contributed by atoms with Gasteiger partial charge in [0.25, 0.3) is 0 Å². The minimum Gasteiger partial charge on any atom is -0.454 e. The third kappa shape index (κ3) is 3.16. The van der Waals surface area contributed by atoms with Crippen LogP contribution in [0.1, 0.15) is 44.1 Å². The van der Waals surface area contributed by atoms with Crippen molar-refractivity contribution in [2.75, 3.05) is 6.79 Å². The zero-order chi connectivity index (χ0) is 16.4. The number of nitrogens with one attached hydrogen (secondary N) is 1. The molecule has 1 N–H and O–H groups in total. The highest BCUT2D eigenvalue weighted by Crippen LogP contribution is 2.32. The summed E-state index contributed by atoms with van der Waals surface area (Å²) in [6, 6.07) is 5.38. The predicted molar refractivity (Wildman–Crippen MR) is 85.4 cm³/mol. The van der Waals surface area contributed by atoms with Gasteiger partial charge in [-0.1, -0.05) is 19.9 Å². The van der Waals surface area contributed by atoms with Crippen LogP contribution in [0.5, 0.6) is 11.5 Å². The molecule has 6 nitrogen and oxygen atoms in total. The number of rotatable bonds is 5. The van der Waals surface area contributed by atoms with Gasteiger partial charge in [-0.25, -0.2) is 4.98 Å². The van der Waals surface area contributed by atoms with Crippen LogP contribution in [0, 0.1) is 0 Å². The fourth-order valence-corrected chi connectivity index (χ4v) is 2.61. The van der Waals surface area contributed by atoms with E-state index in [-0.39, 0.29) is 24.7 Å². The minimum atomic E-state index is -0.302. The maximum atomic E-state index is 12.4. The van der Waals surface area contributed by atoms with Gasteiger partial charge in [-0.15, -0.1) is 0 Å². The van der Waals surface area contributed by atoms with Gasteiger partial charge >= 0.3 is 0 Å². The number of fused-ring (bicyclic) bond motifs is 1. The van der Waals surface area contributed by atoms with Crippen molar-refractivity contribution in [3.8, 4) is 11.5 Å². The summed E-state index contributed by atoms with van der Waals surface area (Å²) >= 11 is 0. The van der Waals surface area contributed by atoms with E-state index in [0.717, 1.165) is 22.9 Å². The summed E-state index contributed by atoms with van der Waals surface area (Å²) in [4.78, 5) is 16.7. The van der Waals surface area contributed by atoms with E-state index in [9.17, 15) is 4.79 Å². The van der Waals surface area contributed by atoms with Crippen molar-refractivity contribution in [3.05, 3.63) is 42.0 Å². The summed E-state index contributed by atoms with van der Waals surface area (Å²) < 4.78 is 12.5. The van der Waals surface area contributed by atoms with Crippen LogP contribution >= 0.6 is 0 Å². The minimum absolute atomic E-state index is 0.0393. The smallest absolute Gasteiger partial charge is 0.243 e. The molecule has 1 aromatic heterocycles. The van der Waals surface area contributed by atoms with Crippen LogP contribution < -0.4 is 14.8 Å². The van der Waals surface area contributed by atoms with Crippen LogP contribution in [0.3, 0.4) is 0 Å². The van der Waals surface area contributed by atoms with Crippen LogP contribution in [0.2, 0.25) is 0 Å². The van der Waals surface area contributed by atoms with Gasteiger partial charge in [0.2, 0.25) is 12.7 Å². The number of ether oxygens (including phenoxy) is 2. The van der Waals surface area contributed by atoms with E-state index in [1.54, 1.807) is 6.20 Å². The summed E-state index contributed by atoms with van der Waals surface area (Å²) in [6.07, 6.45) is 3.58. The van der Waals surface area contributed by atoms with Crippen LogP contribution in [-0.4, -0.2) is 22.3 Å². The average molecular weight is 315 g/mol. The highest BCUT2D eigenvalue weighted by Gasteiger charge is 2.19. The summed E-state index contributed by atoms with van der Waals surface area (Å²) in [5, 5.41) is 2.96. The second-order valence-corrected chi connectivity index (χ2v) is 5.93. The summed E-state index contributed by atoms with van der Waals surface area (Å²) in [5.74, 6) is 2.61. The maximum Gasteiger partial charge on any atom is 0.243 e. The number of hydrogen-bond donors (Lipinski definition) is 1. The Kier molecular flexibility index (Phi) is 4.23. The number of amides is 1. The van der Waals surface area contributed by atoms with Gasteiger partial charge < -0.3 is 19.4 Å². The van der Waals surface area contributed by atoms with Crippen molar-refractivity contribution >= 4 is 5.91 Å². The molecule has 23 heavy (non-hydrogen) atoms. The molecule has 3 rings (SSSR count). The van der Waals surface area contributed by atoms with Gasteiger partial charge in [0.1, 0.15) is 11.9 Å². The second kappa shape index (κ2) is 6.32. The molecule has 0 radical (unpaired) electrons. The van der Waals surface area contributed by atoms with Crippen molar-refractivity contribution in [3.63, 3.8) is 0 Å². The zero-order valence-corrected chi connectivity index (χ0v) is 13.6. The lowest BCUT2D eigenvalue weighted by Crippen LogP contribution is -2.31. The molecule has 0 saturated carbocycles. The van der Waals surface area contributed by atoms with Crippen LogP contribution in [0.25, 0.3) is 0 Å². The molecule has 1 aliphatic heterocycles. The first kappa shape index (κ1) is 15.4. The van der Waals surface area contributed by atoms with Gasteiger partial charge in [-0.2, -0.15) is 0 Å². The van der Waals surface area contributed by atoms with E-state index in [1.807, 2.05) is 35.9 Å². The number of nitrogens with zero attached hydrogens (tertiary/aromatic N) is 2. The van der Waals surface area contributed by atoms with E-state index in [0.29, 0.717) is 6.54 Å². The molecule has 0 saturated heterocycles. The Morgan fingerprint density at radius 2 is 2.09 bits per heavy atom. The Hall–Kier alpha value is -2.50. The number of imidazole rings is 1. The quantitative estimate of drug-likeness (QED) is 0.921. The Balaban J connectivity index is 1.64. The van der Waals surface area contributed by atoms with Crippen molar-refractivity contribution < 1.29 is 14.3 Å². The first-order valence-corrected chi connectivity index (χ1v) is 7.75. The normalized spacial score (nSPS) is 14.1.